The van der Waals surface area contributed by atoms with Crippen LogP contribution in [0.1, 0.15) is 32.8 Å². The van der Waals surface area contributed by atoms with Gasteiger partial charge < -0.3 is 10.1 Å². The van der Waals surface area contributed by atoms with Gasteiger partial charge in [-0.25, -0.2) is 0 Å². The maximum absolute atomic E-state index is 5.41. The first-order chi connectivity index (χ1) is 7.99. The minimum Gasteiger partial charge on any atom is -0.496 e. The van der Waals surface area contributed by atoms with Gasteiger partial charge in [0.1, 0.15) is 5.75 Å². The Kier molecular flexibility index (Phi) is 5.19. The molecule has 0 atom stereocenters. The molecule has 0 heterocycles. The highest BCUT2D eigenvalue weighted by atomic mass is 32.1. The van der Waals surface area contributed by atoms with Crippen LogP contribution in [0.3, 0.4) is 0 Å². The van der Waals surface area contributed by atoms with Crippen LogP contribution in [0.2, 0.25) is 0 Å². The quantitative estimate of drug-likeness (QED) is 0.616. The lowest BCUT2D eigenvalue weighted by atomic mass is 9.86. The molecule has 0 radical (unpaired) electrons. The van der Waals surface area contributed by atoms with Crippen molar-refractivity contribution in [3.05, 3.63) is 23.8 Å². The molecule has 0 aliphatic heterocycles. The Labute approximate surface area is 110 Å². The summed E-state index contributed by atoms with van der Waals surface area (Å²) >= 11 is 4.20. The number of thiol groups is 1. The number of hydrogen-bond donors (Lipinski definition) is 2. The summed E-state index contributed by atoms with van der Waals surface area (Å²) in [7, 11) is 1.72. The molecule has 0 spiro atoms. The zero-order valence-corrected chi connectivity index (χ0v) is 12.1. The second-order valence-corrected chi connectivity index (χ2v) is 5.62. The summed E-state index contributed by atoms with van der Waals surface area (Å²) in [6.07, 6.45) is 1.07. The molecule has 0 saturated carbocycles. The molecule has 0 unspecified atom stereocenters. The van der Waals surface area contributed by atoms with E-state index in [4.69, 9.17) is 4.74 Å². The van der Waals surface area contributed by atoms with Crippen molar-refractivity contribution < 1.29 is 4.74 Å². The number of ether oxygens (including phenoxy) is 1. The minimum absolute atomic E-state index is 0.0899. The van der Waals surface area contributed by atoms with Crippen LogP contribution in [0.25, 0.3) is 0 Å². The maximum atomic E-state index is 5.41. The predicted octanol–water partition coefficient (Wildman–Crippen LogP) is 3.72. The van der Waals surface area contributed by atoms with Gasteiger partial charge in [-0.15, -0.1) is 0 Å². The molecule has 2 nitrogen and oxygen atoms in total. The molecule has 0 amide bonds. The standard InChI is InChI=1S/C14H23NOS/c1-14(2,3)12-10-11(15-8-5-9-17)6-7-13(12)16-4/h6-7,10,15,17H,5,8-9H2,1-4H3. The van der Waals surface area contributed by atoms with Gasteiger partial charge in [-0.1, -0.05) is 20.8 Å². The molecule has 96 valence electrons. The van der Waals surface area contributed by atoms with Gasteiger partial charge in [0.2, 0.25) is 0 Å². The summed E-state index contributed by atoms with van der Waals surface area (Å²) in [6, 6.07) is 6.27. The Hall–Kier alpha value is -0.830. The highest BCUT2D eigenvalue weighted by Crippen LogP contribution is 2.33. The number of methoxy groups -OCH3 is 1. The van der Waals surface area contributed by atoms with Crippen LogP contribution >= 0.6 is 12.6 Å². The average Bonchev–Trinajstić information content (AvgIpc) is 2.28. The molecule has 17 heavy (non-hydrogen) atoms. The second-order valence-electron chi connectivity index (χ2n) is 5.17. The van der Waals surface area contributed by atoms with E-state index < -0.39 is 0 Å². The summed E-state index contributed by atoms with van der Waals surface area (Å²) in [4.78, 5) is 0. The van der Waals surface area contributed by atoms with Crippen molar-refractivity contribution in [2.45, 2.75) is 32.6 Å². The number of hydrogen-bond acceptors (Lipinski definition) is 3. The molecule has 0 aliphatic rings. The Morgan fingerprint density at radius 1 is 1.29 bits per heavy atom. The van der Waals surface area contributed by atoms with Crippen LogP contribution < -0.4 is 10.1 Å². The monoisotopic (exact) mass is 253 g/mol. The van der Waals surface area contributed by atoms with Crippen molar-refractivity contribution in [3.63, 3.8) is 0 Å². The second kappa shape index (κ2) is 6.20. The van der Waals surface area contributed by atoms with E-state index in [2.05, 4.69) is 50.8 Å². The van der Waals surface area contributed by atoms with E-state index in [0.29, 0.717) is 0 Å². The molecule has 0 aliphatic carbocycles. The highest BCUT2D eigenvalue weighted by Gasteiger charge is 2.19. The third kappa shape index (κ3) is 4.15. The lowest BCUT2D eigenvalue weighted by Crippen LogP contribution is -2.13. The largest absolute Gasteiger partial charge is 0.496 e. The number of nitrogens with one attached hydrogen (secondary N) is 1. The van der Waals surface area contributed by atoms with Crippen LogP contribution in [0.15, 0.2) is 18.2 Å². The molecule has 1 aromatic rings. The lowest BCUT2D eigenvalue weighted by molar-refractivity contribution is 0.397. The first-order valence-corrected chi connectivity index (χ1v) is 6.65. The Morgan fingerprint density at radius 2 is 2.00 bits per heavy atom. The molecule has 0 aromatic heterocycles. The van der Waals surface area contributed by atoms with Gasteiger partial charge in [0.15, 0.2) is 0 Å². The zero-order chi connectivity index (χ0) is 12.9. The van der Waals surface area contributed by atoms with Crippen LogP contribution in [-0.2, 0) is 5.41 Å². The van der Waals surface area contributed by atoms with Gasteiger partial charge in [-0.2, -0.15) is 12.6 Å². The van der Waals surface area contributed by atoms with Gasteiger partial charge in [0.05, 0.1) is 7.11 Å². The Balaban J connectivity index is 2.89. The topological polar surface area (TPSA) is 21.3 Å². The highest BCUT2D eigenvalue weighted by molar-refractivity contribution is 7.80. The third-order valence-electron chi connectivity index (χ3n) is 2.67. The molecule has 1 rings (SSSR count). The summed E-state index contributed by atoms with van der Waals surface area (Å²) < 4.78 is 5.41. The van der Waals surface area contributed by atoms with Gasteiger partial charge in [0, 0.05) is 17.8 Å². The average molecular weight is 253 g/mol. The van der Waals surface area contributed by atoms with Crippen molar-refractivity contribution >= 4 is 18.3 Å². The summed E-state index contributed by atoms with van der Waals surface area (Å²) in [5.41, 5.74) is 2.47. The molecule has 0 bridgehead atoms. The maximum Gasteiger partial charge on any atom is 0.122 e. The third-order valence-corrected chi connectivity index (χ3v) is 2.99. The normalized spacial score (nSPS) is 11.4. The van der Waals surface area contributed by atoms with Gasteiger partial charge in [-0.05, 0) is 35.8 Å². The van der Waals surface area contributed by atoms with Crippen molar-refractivity contribution in [2.75, 3.05) is 24.7 Å². The summed E-state index contributed by atoms with van der Waals surface area (Å²) in [6.45, 7) is 7.55. The van der Waals surface area contributed by atoms with Crippen molar-refractivity contribution in [2.24, 2.45) is 0 Å². The summed E-state index contributed by atoms with van der Waals surface area (Å²) in [5, 5.41) is 3.40. The molecule has 3 heteroatoms. The molecular formula is C14H23NOS. The van der Waals surface area contributed by atoms with E-state index in [0.717, 1.165) is 30.2 Å². The van der Waals surface area contributed by atoms with Crippen LogP contribution in [-0.4, -0.2) is 19.4 Å². The first-order valence-electron chi connectivity index (χ1n) is 6.02. The first kappa shape index (κ1) is 14.2. The lowest BCUT2D eigenvalue weighted by Gasteiger charge is -2.23. The van der Waals surface area contributed by atoms with E-state index >= 15 is 0 Å². The van der Waals surface area contributed by atoms with Crippen LogP contribution in [0, 0.1) is 0 Å². The van der Waals surface area contributed by atoms with E-state index in [1.165, 1.54) is 5.56 Å². The van der Waals surface area contributed by atoms with Gasteiger partial charge in [0.25, 0.3) is 0 Å². The van der Waals surface area contributed by atoms with Crippen LogP contribution in [0.5, 0.6) is 5.75 Å². The van der Waals surface area contributed by atoms with Crippen LogP contribution in [0.4, 0.5) is 5.69 Å². The van der Waals surface area contributed by atoms with E-state index in [1.807, 2.05) is 6.07 Å². The number of benzene rings is 1. The number of anilines is 1. The molecular weight excluding hydrogens is 230 g/mol. The van der Waals surface area contributed by atoms with E-state index in [9.17, 15) is 0 Å². The molecule has 1 N–H and O–H groups in total. The van der Waals surface area contributed by atoms with E-state index in [1.54, 1.807) is 7.11 Å². The Morgan fingerprint density at radius 3 is 2.53 bits per heavy atom. The number of rotatable bonds is 5. The minimum atomic E-state index is 0.0899. The van der Waals surface area contributed by atoms with E-state index in [-0.39, 0.29) is 5.41 Å². The molecule has 1 aromatic carbocycles. The van der Waals surface area contributed by atoms with Crippen molar-refractivity contribution in [1.82, 2.24) is 0 Å². The molecule has 0 fully saturated rings. The van der Waals surface area contributed by atoms with Crippen molar-refractivity contribution in [1.29, 1.82) is 0 Å². The summed E-state index contributed by atoms with van der Waals surface area (Å²) in [5.74, 6) is 1.87. The van der Waals surface area contributed by atoms with Gasteiger partial charge in [-0.3, -0.25) is 0 Å². The SMILES string of the molecule is COc1ccc(NCCCS)cc1C(C)(C)C. The van der Waals surface area contributed by atoms with Gasteiger partial charge >= 0.3 is 0 Å². The molecule has 0 saturated heterocycles. The predicted molar refractivity (Wildman–Crippen MR) is 78.7 cm³/mol. The fourth-order valence-corrected chi connectivity index (χ4v) is 1.87. The fraction of sp³-hybridized carbons (Fsp3) is 0.571. The zero-order valence-electron chi connectivity index (χ0n) is 11.2. The smallest absolute Gasteiger partial charge is 0.122 e. The fourth-order valence-electron chi connectivity index (χ4n) is 1.72. The Bertz CT molecular complexity index is 358. The van der Waals surface area contributed by atoms with Crippen molar-refractivity contribution in [3.8, 4) is 5.75 Å².